The van der Waals surface area contributed by atoms with Gasteiger partial charge in [0.15, 0.2) is 5.13 Å². The number of pyridine rings is 1. The highest BCUT2D eigenvalue weighted by Crippen LogP contribution is 2.21. The van der Waals surface area contributed by atoms with Crippen LogP contribution in [-0.4, -0.2) is 27.1 Å². The first-order chi connectivity index (χ1) is 9.94. The van der Waals surface area contributed by atoms with Crippen molar-refractivity contribution in [2.75, 3.05) is 10.6 Å². The third kappa shape index (κ3) is 4.25. The second-order valence-corrected chi connectivity index (χ2v) is 5.55. The lowest BCUT2D eigenvalue weighted by Gasteiger charge is -2.05. The average molecular weight is 306 g/mol. The zero-order valence-corrected chi connectivity index (χ0v) is 12.3. The molecule has 0 aliphatic carbocycles. The van der Waals surface area contributed by atoms with Crippen LogP contribution in [0, 0.1) is 13.8 Å². The molecular weight excluding hydrogens is 292 g/mol. The molecule has 0 aliphatic rings. The number of nitrogens with zero attached hydrogens (tertiary/aromatic N) is 2. The Morgan fingerprint density at radius 1 is 1.29 bits per heavy atom. The van der Waals surface area contributed by atoms with Gasteiger partial charge in [-0.15, -0.1) is 11.3 Å². The molecular formula is C13H14N4O3S. The van der Waals surface area contributed by atoms with E-state index in [4.69, 9.17) is 5.11 Å². The summed E-state index contributed by atoms with van der Waals surface area (Å²) < 4.78 is 0. The summed E-state index contributed by atoms with van der Waals surface area (Å²) in [5.41, 5.74) is 1.79. The molecule has 0 bridgehead atoms. The number of carbonyl (C=O) groups is 2. The van der Waals surface area contributed by atoms with Gasteiger partial charge >= 0.3 is 12.0 Å². The molecule has 2 rings (SSSR count). The molecule has 110 valence electrons. The summed E-state index contributed by atoms with van der Waals surface area (Å²) in [5, 5.41) is 14.4. The maximum Gasteiger partial charge on any atom is 0.325 e. The average Bonchev–Trinajstić information content (AvgIpc) is 2.70. The van der Waals surface area contributed by atoms with E-state index in [2.05, 4.69) is 20.6 Å². The first kappa shape index (κ1) is 14.9. The van der Waals surface area contributed by atoms with E-state index in [9.17, 15) is 9.59 Å². The van der Waals surface area contributed by atoms with E-state index < -0.39 is 12.0 Å². The topological polar surface area (TPSA) is 104 Å². The normalized spacial score (nSPS) is 10.2. The highest BCUT2D eigenvalue weighted by molar-refractivity contribution is 7.15. The third-order valence-corrected chi connectivity index (χ3v) is 3.65. The van der Waals surface area contributed by atoms with Crippen molar-refractivity contribution in [1.82, 2.24) is 9.97 Å². The number of rotatable bonds is 4. The second kappa shape index (κ2) is 6.31. The van der Waals surface area contributed by atoms with Gasteiger partial charge in [0.2, 0.25) is 0 Å². The number of aryl methyl sites for hydroxylation is 2. The van der Waals surface area contributed by atoms with Gasteiger partial charge in [0.25, 0.3) is 0 Å². The molecule has 0 saturated carbocycles. The van der Waals surface area contributed by atoms with E-state index in [0.717, 1.165) is 10.6 Å². The standard InChI is InChI=1S/C13H14N4O3S/c1-7-8(2)21-13(15-7)17-12(20)16-10-4-3-9(14-6-10)5-11(18)19/h3-4,6H,5H2,1-2H3,(H,18,19)(H2,15,16,17,20). The number of thiazole rings is 1. The molecule has 0 atom stereocenters. The molecule has 0 radical (unpaired) electrons. The summed E-state index contributed by atoms with van der Waals surface area (Å²) in [7, 11) is 0. The number of carbonyl (C=O) groups excluding carboxylic acids is 1. The Hall–Kier alpha value is -2.48. The largest absolute Gasteiger partial charge is 0.481 e. The summed E-state index contributed by atoms with van der Waals surface area (Å²) in [6.07, 6.45) is 1.26. The monoisotopic (exact) mass is 306 g/mol. The van der Waals surface area contributed by atoms with Gasteiger partial charge in [0.1, 0.15) is 0 Å². The maximum atomic E-state index is 11.8. The maximum absolute atomic E-state index is 11.8. The molecule has 8 heteroatoms. The number of carboxylic acid groups (broad SMARTS) is 1. The van der Waals surface area contributed by atoms with Crippen LogP contribution in [0.5, 0.6) is 0 Å². The van der Waals surface area contributed by atoms with E-state index >= 15 is 0 Å². The van der Waals surface area contributed by atoms with Gasteiger partial charge in [-0.25, -0.2) is 9.78 Å². The first-order valence-corrected chi connectivity index (χ1v) is 6.94. The number of amides is 2. The molecule has 2 aromatic rings. The summed E-state index contributed by atoms with van der Waals surface area (Å²) >= 11 is 1.40. The van der Waals surface area contributed by atoms with Crippen LogP contribution < -0.4 is 10.6 Å². The molecule has 3 N–H and O–H groups in total. The molecule has 0 aromatic carbocycles. The van der Waals surface area contributed by atoms with Crippen molar-refractivity contribution < 1.29 is 14.7 Å². The molecule has 2 amide bonds. The predicted octanol–water partition coefficient (Wildman–Crippen LogP) is 2.43. The molecule has 0 spiro atoms. The fourth-order valence-corrected chi connectivity index (χ4v) is 2.35. The van der Waals surface area contributed by atoms with Crippen molar-refractivity contribution in [3.63, 3.8) is 0 Å². The Kier molecular flexibility index (Phi) is 4.49. The Morgan fingerprint density at radius 3 is 2.57 bits per heavy atom. The Balaban J connectivity index is 1.94. The predicted molar refractivity (Wildman–Crippen MR) is 79.8 cm³/mol. The van der Waals surface area contributed by atoms with Crippen LogP contribution in [0.1, 0.15) is 16.3 Å². The number of hydrogen-bond donors (Lipinski definition) is 3. The first-order valence-electron chi connectivity index (χ1n) is 6.13. The van der Waals surface area contributed by atoms with E-state index in [1.807, 2.05) is 13.8 Å². The Morgan fingerprint density at radius 2 is 2.05 bits per heavy atom. The number of carboxylic acids is 1. The number of aromatic nitrogens is 2. The van der Waals surface area contributed by atoms with Crippen LogP contribution in [-0.2, 0) is 11.2 Å². The highest BCUT2D eigenvalue weighted by Gasteiger charge is 2.08. The van der Waals surface area contributed by atoms with Gasteiger partial charge < -0.3 is 10.4 Å². The molecule has 2 aromatic heterocycles. The van der Waals surface area contributed by atoms with Crippen LogP contribution in [0.25, 0.3) is 0 Å². The van der Waals surface area contributed by atoms with Gasteiger partial charge in [0.05, 0.1) is 29.7 Å². The third-order valence-electron chi connectivity index (χ3n) is 2.66. The smallest absolute Gasteiger partial charge is 0.325 e. The molecule has 0 unspecified atom stereocenters. The van der Waals surface area contributed by atoms with Crippen molar-refractivity contribution in [3.05, 3.63) is 34.6 Å². The lowest BCUT2D eigenvalue weighted by atomic mass is 10.2. The number of nitrogens with one attached hydrogen (secondary N) is 2. The quantitative estimate of drug-likeness (QED) is 0.804. The van der Waals surface area contributed by atoms with E-state index in [-0.39, 0.29) is 6.42 Å². The zero-order valence-electron chi connectivity index (χ0n) is 11.5. The lowest BCUT2D eigenvalue weighted by molar-refractivity contribution is -0.136. The Bertz CT molecular complexity index is 647. The number of aliphatic carboxylic acids is 1. The van der Waals surface area contributed by atoms with Gasteiger partial charge in [-0.2, -0.15) is 0 Å². The molecule has 21 heavy (non-hydrogen) atoms. The summed E-state index contributed by atoms with van der Waals surface area (Å²) in [6.45, 7) is 3.81. The minimum atomic E-state index is -0.949. The van der Waals surface area contributed by atoms with Crippen LogP contribution in [0.15, 0.2) is 18.3 Å². The molecule has 2 heterocycles. The summed E-state index contributed by atoms with van der Waals surface area (Å²) in [6, 6.07) is 2.74. The SMILES string of the molecule is Cc1nc(NC(=O)Nc2ccc(CC(=O)O)nc2)sc1C. The van der Waals surface area contributed by atoms with E-state index in [0.29, 0.717) is 16.5 Å². The summed E-state index contributed by atoms with van der Waals surface area (Å²) in [5.74, 6) is -0.949. The fraction of sp³-hybridized carbons (Fsp3) is 0.231. The van der Waals surface area contributed by atoms with Crippen molar-refractivity contribution >= 4 is 34.2 Å². The Labute approximate surface area is 125 Å². The van der Waals surface area contributed by atoms with E-state index in [1.54, 1.807) is 12.1 Å². The van der Waals surface area contributed by atoms with Crippen LogP contribution in [0.2, 0.25) is 0 Å². The number of anilines is 2. The van der Waals surface area contributed by atoms with Crippen molar-refractivity contribution in [2.45, 2.75) is 20.3 Å². The second-order valence-electron chi connectivity index (χ2n) is 4.35. The van der Waals surface area contributed by atoms with Gasteiger partial charge in [-0.3, -0.25) is 15.1 Å². The fourth-order valence-electron chi connectivity index (χ4n) is 1.54. The number of hydrogen-bond acceptors (Lipinski definition) is 5. The van der Waals surface area contributed by atoms with Crippen molar-refractivity contribution in [1.29, 1.82) is 0 Å². The van der Waals surface area contributed by atoms with Gasteiger partial charge in [0, 0.05) is 4.88 Å². The highest BCUT2D eigenvalue weighted by atomic mass is 32.1. The van der Waals surface area contributed by atoms with Gasteiger partial charge in [-0.1, -0.05) is 0 Å². The van der Waals surface area contributed by atoms with Crippen LogP contribution in [0.4, 0.5) is 15.6 Å². The molecule has 0 aliphatic heterocycles. The summed E-state index contributed by atoms with van der Waals surface area (Å²) in [4.78, 5) is 31.5. The molecule has 0 saturated heterocycles. The number of urea groups is 1. The van der Waals surface area contributed by atoms with Crippen molar-refractivity contribution in [3.8, 4) is 0 Å². The van der Waals surface area contributed by atoms with Gasteiger partial charge in [-0.05, 0) is 26.0 Å². The minimum Gasteiger partial charge on any atom is -0.481 e. The lowest BCUT2D eigenvalue weighted by Crippen LogP contribution is -2.19. The van der Waals surface area contributed by atoms with Crippen molar-refractivity contribution in [2.24, 2.45) is 0 Å². The molecule has 0 fully saturated rings. The zero-order chi connectivity index (χ0) is 15.4. The minimum absolute atomic E-state index is 0.149. The van der Waals surface area contributed by atoms with Crippen LogP contribution >= 0.6 is 11.3 Å². The van der Waals surface area contributed by atoms with E-state index in [1.165, 1.54) is 17.5 Å². The van der Waals surface area contributed by atoms with Crippen LogP contribution in [0.3, 0.4) is 0 Å². The molecule has 7 nitrogen and oxygen atoms in total.